The highest BCUT2D eigenvalue weighted by molar-refractivity contribution is 5.84. The molecule has 5 rings (SSSR count). The first-order valence-electron chi connectivity index (χ1n) is 9.18. The van der Waals surface area contributed by atoms with Gasteiger partial charge in [0.25, 0.3) is 0 Å². The van der Waals surface area contributed by atoms with Crippen molar-refractivity contribution >= 4 is 5.78 Å². The molecular formula is C24H20O2. The van der Waals surface area contributed by atoms with Crippen LogP contribution in [0.15, 0.2) is 84.9 Å². The molecule has 0 saturated heterocycles. The molecule has 128 valence electrons. The predicted octanol–water partition coefficient (Wildman–Crippen LogP) is 5.01. The summed E-state index contributed by atoms with van der Waals surface area (Å²) in [6.45, 7) is 0. The van der Waals surface area contributed by atoms with Crippen LogP contribution < -0.4 is 4.74 Å². The topological polar surface area (TPSA) is 26.3 Å². The molecule has 1 saturated carbocycles. The zero-order valence-electron chi connectivity index (χ0n) is 14.5. The number of rotatable bonds is 2. The minimum absolute atomic E-state index is 0.306. The van der Waals surface area contributed by atoms with Crippen molar-refractivity contribution in [3.05, 3.63) is 102 Å². The van der Waals surface area contributed by atoms with Gasteiger partial charge in [0.15, 0.2) is 0 Å². The molecule has 2 aliphatic rings. The second-order valence-electron chi connectivity index (χ2n) is 7.28. The molecule has 0 N–H and O–H groups in total. The van der Waals surface area contributed by atoms with Crippen molar-refractivity contribution in [3.8, 4) is 5.75 Å². The van der Waals surface area contributed by atoms with Crippen molar-refractivity contribution in [3.63, 3.8) is 0 Å². The minimum Gasteiger partial charge on any atom is -0.481 e. The maximum atomic E-state index is 12.7. The number of fused-ring (bicyclic) bond motifs is 3. The van der Waals surface area contributed by atoms with Gasteiger partial charge >= 0.3 is 0 Å². The lowest BCUT2D eigenvalue weighted by molar-refractivity contribution is -0.127. The van der Waals surface area contributed by atoms with E-state index in [1.807, 2.05) is 30.3 Å². The summed E-state index contributed by atoms with van der Waals surface area (Å²) in [6.07, 6.45) is 1.72. The van der Waals surface area contributed by atoms with Crippen LogP contribution >= 0.6 is 0 Å². The Morgan fingerprint density at radius 2 is 1.35 bits per heavy atom. The molecule has 1 fully saturated rings. The predicted molar refractivity (Wildman–Crippen MR) is 101 cm³/mol. The molecule has 0 unspecified atom stereocenters. The molecule has 3 aromatic carbocycles. The average molecular weight is 340 g/mol. The Morgan fingerprint density at radius 3 is 2.08 bits per heavy atom. The summed E-state index contributed by atoms with van der Waals surface area (Å²) in [5.74, 6) is 1.20. The Kier molecular flexibility index (Phi) is 3.30. The van der Waals surface area contributed by atoms with Crippen molar-refractivity contribution in [1.82, 2.24) is 0 Å². The summed E-state index contributed by atoms with van der Waals surface area (Å²) in [5.41, 5.74) is 2.40. The van der Waals surface area contributed by atoms with Crippen LogP contribution in [0.3, 0.4) is 0 Å². The van der Waals surface area contributed by atoms with Gasteiger partial charge in [-0.15, -0.1) is 0 Å². The normalized spacial score (nSPS) is 26.7. The number of ketones is 1. The molecular weight excluding hydrogens is 320 g/mol. The lowest BCUT2D eigenvalue weighted by atomic mass is 9.55. The van der Waals surface area contributed by atoms with E-state index in [4.69, 9.17) is 4.74 Å². The summed E-state index contributed by atoms with van der Waals surface area (Å²) >= 11 is 0. The summed E-state index contributed by atoms with van der Waals surface area (Å²) in [6, 6.07) is 29.1. The monoisotopic (exact) mass is 340 g/mol. The van der Waals surface area contributed by atoms with Crippen LogP contribution in [0.2, 0.25) is 0 Å². The van der Waals surface area contributed by atoms with Crippen LogP contribution in [0.5, 0.6) is 5.75 Å². The van der Waals surface area contributed by atoms with Crippen LogP contribution in [-0.2, 0) is 15.8 Å². The standard InChI is InChI=1S/C24H20O2/c25-20-15-16-24(19-11-5-2-6-12-19)23(17-20,18-9-3-1-4-10-18)21-13-7-8-14-22(21)26-24/h1-14H,15-17H2/t23-,24-/m0/s1. The van der Waals surface area contributed by atoms with Gasteiger partial charge in [-0.05, 0) is 23.6 Å². The molecule has 0 amide bonds. The highest BCUT2D eigenvalue weighted by Crippen LogP contribution is 2.63. The van der Waals surface area contributed by atoms with Gasteiger partial charge in [0, 0.05) is 18.4 Å². The fourth-order valence-corrected chi connectivity index (χ4v) is 4.97. The third-order valence-corrected chi connectivity index (χ3v) is 6.05. The maximum absolute atomic E-state index is 12.7. The van der Waals surface area contributed by atoms with Crippen LogP contribution in [0, 0.1) is 0 Å². The van der Waals surface area contributed by atoms with Gasteiger partial charge in [-0.25, -0.2) is 0 Å². The molecule has 2 nitrogen and oxygen atoms in total. The summed E-state index contributed by atoms with van der Waals surface area (Å²) in [7, 11) is 0. The Labute approximate surface area is 153 Å². The van der Waals surface area contributed by atoms with E-state index >= 15 is 0 Å². The summed E-state index contributed by atoms with van der Waals surface area (Å²) in [4.78, 5) is 12.7. The van der Waals surface area contributed by atoms with Crippen molar-refractivity contribution < 1.29 is 9.53 Å². The average Bonchev–Trinajstić information content (AvgIpc) is 3.01. The van der Waals surface area contributed by atoms with Crippen molar-refractivity contribution in [2.75, 3.05) is 0 Å². The molecule has 0 radical (unpaired) electrons. The second kappa shape index (κ2) is 5.57. The molecule has 1 aliphatic heterocycles. The Hall–Kier alpha value is -2.87. The van der Waals surface area contributed by atoms with Crippen molar-refractivity contribution in [1.29, 1.82) is 0 Å². The molecule has 0 bridgehead atoms. The van der Waals surface area contributed by atoms with Crippen LogP contribution in [-0.4, -0.2) is 5.78 Å². The first kappa shape index (κ1) is 15.4. The van der Waals surface area contributed by atoms with E-state index in [2.05, 4.69) is 54.6 Å². The van der Waals surface area contributed by atoms with Crippen LogP contribution in [0.1, 0.15) is 36.0 Å². The number of Topliss-reactive ketones (excluding diaryl/α,β-unsaturated/α-hetero) is 1. The number of ether oxygens (including phenoxy) is 1. The van der Waals surface area contributed by atoms with Gasteiger partial charge < -0.3 is 4.74 Å². The van der Waals surface area contributed by atoms with E-state index in [-0.39, 0.29) is 0 Å². The van der Waals surface area contributed by atoms with Gasteiger partial charge in [-0.3, -0.25) is 4.79 Å². The lowest BCUT2D eigenvalue weighted by Crippen LogP contribution is -2.54. The highest BCUT2D eigenvalue weighted by Gasteiger charge is 2.64. The van der Waals surface area contributed by atoms with Gasteiger partial charge in [-0.2, -0.15) is 0 Å². The van der Waals surface area contributed by atoms with Gasteiger partial charge in [0.2, 0.25) is 0 Å². The van der Waals surface area contributed by atoms with E-state index in [0.717, 1.165) is 22.4 Å². The SMILES string of the molecule is O=C1CC[C@@]2(c3ccccc3)Oc3ccccc3[C@@]2(c2ccccc2)C1. The Balaban J connectivity index is 1.87. The molecule has 2 heteroatoms. The summed E-state index contributed by atoms with van der Waals surface area (Å²) < 4.78 is 6.74. The number of hydrogen-bond acceptors (Lipinski definition) is 2. The fourth-order valence-electron chi connectivity index (χ4n) is 4.97. The largest absolute Gasteiger partial charge is 0.481 e. The van der Waals surface area contributed by atoms with E-state index in [1.165, 1.54) is 0 Å². The summed E-state index contributed by atoms with van der Waals surface area (Å²) in [5, 5.41) is 0. The molecule has 3 aromatic rings. The molecule has 0 spiro atoms. The number of para-hydroxylation sites is 1. The third kappa shape index (κ3) is 1.90. The first-order chi connectivity index (χ1) is 12.8. The molecule has 26 heavy (non-hydrogen) atoms. The van der Waals surface area contributed by atoms with Gasteiger partial charge in [0.05, 0.1) is 5.41 Å². The second-order valence-corrected chi connectivity index (χ2v) is 7.28. The van der Waals surface area contributed by atoms with E-state index in [1.54, 1.807) is 0 Å². The lowest BCUT2D eigenvalue weighted by Gasteiger charge is -2.48. The molecule has 1 aliphatic carbocycles. The maximum Gasteiger partial charge on any atom is 0.149 e. The van der Waals surface area contributed by atoms with Gasteiger partial charge in [0.1, 0.15) is 17.1 Å². The highest BCUT2D eigenvalue weighted by atomic mass is 16.5. The zero-order valence-corrected chi connectivity index (χ0v) is 14.5. The van der Waals surface area contributed by atoms with E-state index < -0.39 is 11.0 Å². The fraction of sp³-hybridized carbons (Fsp3) is 0.208. The first-order valence-corrected chi connectivity index (χ1v) is 9.18. The van der Waals surface area contributed by atoms with E-state index in [9.17, 15) is 4.79 Å². The van der Waals surface area contributed by atoms with Crippen LogP contribution in [0.4, 0.5) is 0 Å². The van der Waals surface area contributed by atoms with E-state index in [0.29, 0.717) is 25.0 Å². The van der Waals surface area contributed by atoms with Crippen molar-refractivity contribution in [2.24, 2.45) is 0 Å². The molecule has 2 atom stereocenters. The van der Waals surface area contributed by atoms with Crippen LogP contribution in [0.25, 0.3) is 0 Å². The molecule has 1 heterocycles. The zero-order chi connectivity index (χ0) is 17.6. The Bertz CT molecular complexity index is 964. The number of carbonyl (C=O) groups excluding carboxylic acids is 1. The number of benzene rings is 3. The minimum atomic E-state index is -0.548. The smallest absolute Gasteiger partial charge is 0.149 e. The quantitative estimate of drug-likeness (QED) is 0.655. The number of carbonyl (C=O) groups is 1. The van der Waals surface area contributed by atoms with Gasteiger partial charge in [-0.1, -0.05) is 78.9 Å². The van der Waals surface area contributed by atoms with Crippen molar-refractivity contribution in [2.45, 2.75) is 30.3 Å². The third-order valence-electron chi connectivity index (χ3n) is 6.05. The Morgan fingerprint density at radius 1 is 0.731 bits per heavy atom. The molecule has 0 aromatic heterocycles. The number of hydrogen-bond donors (Lipinski definition) is 0.